The van der Waals surface area contributed by atoms with Crippen molar-refractivity contribution in [3.63, 3.8) is 0 Å². The van der Waals surface area contributed by atoms with Crippen LogP contribution in [-0.2, 0) is 0 Å². The molecule has 0 spiro atoms. The summed E-state index contributed by atoms with van der Waals surface area (Å²) in [5, 5.41) is 2.88. The molecule has 0 radical (unpaired) electrons. The Kier molecular flexibility index (Phi) is 12.2. The number of rotatable bonds is 14. The lowest BCUT2D eigenvalue weighted by atomic mass is 10.1. The molecule has 134 valence electrons. The molecule has 0 aliphatic rings. The highest BCUT2D eigenvalue weighted by molar-refractivity contribution is 6.68. The van der Waals surface area contributed by atoms with E-state index in [9.17, 15) is 4.79 Å². The zero-order valence-electron chi connectivity index (χ0n) is 15.0. The first-order valence-electron chi connectivity index (χ1n) is 9.43. The summed E-state index contributed by atoms with van der Waals surface area (Å²) in [6, 6.07) is 7.38. The molecule has 0 saturated carbocycles. The van der Waals surface area contributed by atoms with Crippen LogP contribution < -0.4 is 5.32 Å². The minimum absolute atomic E-state index is 0.410. The lowest BCUT2D eigenvalue weighted by molar-refractivity contribution is 0.108. The topological polar surface area (TPSA) is 29.1 Å². The van der Waals surface area contributed by atoms with Crippen LogP contribution in [0.1, 0.15) is 81.5 Å². The predicted molar refractivity (Wildman–Crippen MR) is 106 cm³/mol. The number of nitrogens with one attached hydrogen (secondary N) is 1. The Hall–Kier alpha value is -1.28. The van der Waals surface area contributed by atoms with E-state index in [0.717, 1.165) is 25.1 Å². The molecule has 0 saturated heterocycles. The van der Waals surface area contributed by atoms with E-state index in [1.807, 2.05) is 18.2 Å². The smallest absolute Gasteiger partial charge is 0.254 e. The minimum Gasteiger partial charge on any atom is -0.384 e. The molecule has 0 aromatic heterocycles. The van der Waals surface area contributed by atoms with Gasteiger partial charge in [0.2, 0.25) is 0 Å². The average Bonchev–Trinajstić information content (AvgIpc) is 2.59. The summed E-state index contributed by atoms with van der Waals surface area (Å²) in [5.41, 5.74) is 1.37. The average molecular weight is 350 g/mol. The maximum atomic E-state index is 11.3. The molecule has 0 unspecified atom stereocenters. The number of halogens is 1. The van der Waals surface area contributed by atoms with Gasteiger partial charge >= 0.3 is 0 Å². The van der Waals surface area contributed by atoms with Gasteiger partial charge in [0.1, 0.15) is 0 Å². The summed E-state index contributed by atoms with van der Waals surface area (Å²) in [6.07, 6.45) is 17.5. The van der Waals surface area contributed by atoms with Crippen molar-refractivity contribution >= 4 is 22.5 Å². The molecule has 24 heavy (non-hydrogen) atoms. The van der Waals surface area contributed by atoms with Crippen LogP contribution in [0, 0.1) is 0 Å². The fourth-order valence-corrected chi connectivity index (χ4v) is 2.87. The molecule has 1 rings (SSSR count). The Morgan fingerprint density at radius 2 is 1.58 bits per heavy atom. The molecule has 3 heteroatoms. The van der Waals surface area contributed by atoms with Gasteiger partial charge in [0.25, 0.3) is 5.24 Å². The van der Waals surface area contributed by atoms with E-state index in [1.165, 1.54) is 51.4 Å². The van der Waals surface area contributed by atoms with Crippen LogP contribution >= 0.6 is 11.6 Å². The second-order valence-corrected chi connectivity index (χ2v) is 6.61. The number of anilines is 1. The lowest BCUT2D eigenvalue weighted by Gasteiger charge is -2.08. The Morgan fingerprint density at radius 1 is 0.958 bits per heavy atom. The molecule has 0 atom stereocenters. The van der Waals surface area contributed by atoms with E-state index in [2.05, 4.69) is 24.4 Å². The van der Waals surface area contributed by atoms with Gasteiger partial charge in [-0.1, -0.05) is 69.7 Å². The number of carbonyl (C=O) groups is 1. The number of para-hydroxylation sites is 1. The van der Waals surface area contributed by atoms with E-state index < -0.39 is 5.24 Å². The Balaban J connectivity index is 2.01. The van der Waals surface area contributed by atoms with Crippen LogP contribution in [0.25, 0.3) is 0 Å². The van der Waals surface area contributed by atoms with Crippen LogP contribution in [0.4, 0.5) is 5.69 Å². The highest BCUT2D eigenvalue weighted by Gasteiger charge is 2.06. The normalized spacial score (nSPS) is 11.1. The molecule has 0 aliphatic heterocycles. The van der Waals surface area contributed by atoms with Gasteiger partial charge in [0.05, 0.1) is 5.56 Å². The SMILES string of the molecule is CCCCCCCCCC=CCCCNc1ccccc1C(=O)Cl. The van der Waals surface area contributed by atoms with Gasteiger partial charge in [-0.25, -0.2) is 0 Å². The highest BCUT2D eigenvalue weighted by Crippen LogP contribution is 2.17. The Labute approximate surface area is 152 Å². The number of benzene rings is 1. The zero-order chi connectivity index (χ0) is 17.5. The van der Waals surface area contributed by atoms with Crippen molar-refractivity contribution in [3.8, 4) is 0 Å². The second-order valence-electron chi connectivity index (χ2n) is 6.27. The third kappa shape index (κ3) is 9.77. The standard InChI is InChI=1S/C21H32ClNO/c1-2-3-4-5-6-7-8-9-10-11-12-15-18-23-20-17-14-13-16-19(20)21(22)24/h10-11,13-14,16-17,23H,2-9,12,15,18H2,1H3. The van der Waals surface area contributed by atoms with Gasteiger partial charge in [-0.15, -0.1) is 0 Å². The maximum absolute atomic E-state index is 11.3. The van der Waals surface area contributed by atoms with Gasteiger partial charge < -0.3 is 5.32 Å². The van der Waals surface area contributed by atoms with Crippen molar-refractivity contribution in [2.45, 2.75) is 71.1 Å². The molecule has 1 aromatic carbocycles. The zero-order valence-corrected chi connectivity index (χ0v) is 15.8. The first-order chi connectivity index (χ1) is 11.8. The molecule has 2 nitrogen and oxygen atoms in total. The first kappa shape index (κ1) is 20.8. The van der Waals surface area contributed by atoms with Crippen LogP contribution in [0.3, 0.4) is 0 Å². The summed E-state index contributed by atoms with van der Waals surface area (Å²) in [7, 11) is 0. The molecule has 1 aromatic rings. The summed E-state index contributed by atoms with van der Waals surface area (Å²) in [6.45, 7) is 3.11. The fourth-order valence-electron chi connectivity index (χ4n) is 2.71. The number of hydrogen-bond donors (Lipinski definition) is 1. The Bertz CT molecular complexity index is 484. The van der Waals surface area contributed by atoms with Crippen molar-refractivity contribution in [3.05, 3.63) is 42.0 Å². The molecule has 0 amide bonds. The largest absolute Gasteiger partial charge is 0.384 e. The fraction of sp³-hybridized carbons (Fsp3) is 0.571. The van der Waals surface area contributed by atoms with E-state index >= 15 is 0 Å². The molecule has 0 aliphatic carbocycles. The van der Waals surface area contributed by atoms with Crippen LogP contribution in [0.5, 0.6) is 0 Å². The molecule has 0 heterocycles. The van der Waals surface area contributed by atoms with E-state index in [-0.39, 0.29) is 0 Å². The molecule has 1 N–H and O–H groups in total. The molecular weight excluding hydrogens is 318 g/mol. The van der Waals surface area contributed by atoms with Crippen molar-refractivity contribution < 1.29 is 4.79 Å². The molecule has 0 bridgehead atoms. The number of allylic oxidation sites excluding steroid dienone is 2. The van der Waals surface area contributed by atoms with Gasteiger partial charge in [-0.05, 0) is 49.4 Å². The number of hydrogen-bond acceptors (Lipinski definition) is 2. The van der Waals surface area contributed by atoms with Crippen LogP contribution in [0.15, 0.2) is 36.4 Å². The quantitative estimate of drug-likeness (QED) is 0.223. The van der Waals surface area contributed by atoms with Crippen LogP contribution in [0.2, 0.25) is 0 Å². The van der Waals surface area contributed by atoms with Gasteiger partial charge in [-0.3, -0.25) is 4.79 Å². The van der Waals surface area contributed by atoms with Crippen molar-refractivity contribution in [1.82, 2.24) is 0 Å². The van der Waals surface area contributed by atoms with E-state index in [4.69, 9.17) is 11.6 Å². The minimum atomic E-state index is -0.410. The summed E-state index contributed by atoms with van der Waals surface area (Å²) >= 11 is 5.58. The van der Waals surface area contributed by atoms with E-state index in [0.29, 0.717) is 5.56 Å². The molecule has 0 fully saturated rings. The predicted octanol–water partition coefficient (Wildman–Crippen LogP) is 6.95. The number of unbranched alkanes of at least 4 members (excludes halogenated alkanes) is 8. The summed E-state index contributed by atoms with van der Waals surface area (Å²) < 4.78 is 0. The molecular formula is C21H32ClNO. The summed E-state index contributed by atoms with van der Waals surface area (Å²) in [5.74, 6) is 0. The summed E-state index contributed by atoms with van der Waals surface area (Å²) in [4.78, 5) is 11.3. The van der Waals surface area contributed by atoms with Crippen molar-refractivity contribution in [1.29, 1.82) is 0 Å². The highest BCUT2D eigenvalue weighted by atomic mass is 35.5. The number of carbonyl (C=O) groups excluding carboxylic acids is 1. The van der Waals surface area contributed by atoms with E-state index in [1.54, 1.807) is 6.07 Å². The monoisotopic (exact) mass is 349 g/mol. The van der Waals surface area contributed by atoms with Crippen molar-refractivity contribution in [2.24, 2.45) is 0 Å². The first-order valence-corrected chi connectivity index (χ1v) is 9.81. The lowest BCUT2D eigenvalue weighted by Crippen LogP contribution is -2.05. The Morgan fingerprint density at radius 3 is 2.29 bits per heavy atom. The van der Waals surface area contributed by atoms with Gasteiger partial charge in [0, 0.05) is 12.2 Å². The van der Waals surface area contributed by atoms with Gasteiger partial charge in [0.15, 0.2) is 0 Å². The third-order valence-corrected chi connectivity index (χ3v) is 4.35. The third-order valence-electron chi connectivity index (χ3n) is 4.14. The van der Waals surface area contributed by atoms with Gasteiger partial charge in [-0.2, -0.15) is 0 Å². The maximum Gasteiger partial charge on any atom is 0.254 e. The van der Waals surface area contributed by atoms with Crippen LogP contribution in [-0.4, -0.2) is 11.8 Å². The van der Waals surface area contributed by atoms with Crippen molar-refractivity contribution in [2.75, 3.05) is 11.9 Å². The second kappa shape index (κ2) is 14.1.